The van der Waals surface area contributed by atoms with E-state index >= 15 is 0 Å². The van der Waals surface area contributed by atoms with Gasteiger partial charge in [-0.15, -0.1) is 11.3 Å². The summed E-state index contributed by atoms with van der Waals surface area (Å²) in [5, 5.41) is 10.6. The van der Waals surface area contributed by atoms with E-state index in [0.717, 1.165) is 30.5 Å². The molecule has 7 heteroatoms. The predicted octanol–water partition coefficient (Wildman–Crippen LogP) is 2.05. The summed E-state index contributed by atoms with van der Waals surface area (Å²) in [6, 6.07) is 0. The summed E-state index contributed by atoms with van der Waals surface area (Å²) in [7, 11) is 0. The third kappa shape index (κ3) is 2.68. The lowest BCUT2D eigenvalue weighted by Crippen LogP contribution is -2.16. The van der Waals surface area contributed by atoms with Crippen LogP contribution in [0.2, 0.25) is 0 Å². The molecule has 2 aromatic heterocycles. The number of imidazole rings is 1. The summed E-state index contributed by atoms with van der Waals surface area (Å²) >= 11 is 1.47. The number of thiazole rings is 1. The van der Waals surface area contributed by atoms with Crippen LogP contribution in [0.1, 0.15) is 18.5 Å². The summed E-state index contributed by atoms with van der Waals surface area (Å²) in [5.74, 6) is -0.551. The van der Waals surface area contributed by atoms with Gasteiger partial charge < -0.3 is 14.6 Å². The highest BCUT2D eigenvalue weighted by Gasteiger charge is 2.19. The molecule has 0 saturated carbocycles. The summed E-state index contributed by atoms with van der Waals surface area (Å²) in [4.78, 5) is 15.8. The molecule has 3 heterocycles. The van der Waals surface area contributed by atoms with Crippen molar-refractivity contribution in [1.82, 2.24) is 9.38 Å². The molecule has 0 spiro atoms. The number of rotatable bonds is 5. The van der Waals surface area contributed by atoms with Gasteiger partial charge in [0.15, 0.2) is 4.96 Å². The first-order valence-electron chi connectivity index (χ1n) is 6.35. The van der Waals surface area contributed by atoms with Crippen molar-refractivity contribution < 1.29 is 19.4 Å². The second-order valence-corrected chi connectivity index (χ2v) is 5.35. The molecular weight excluding hydrogens is 280 g/mol. The van der Waals surface area contributed by atoms with Gasteiger partial charge in [-0.3, -0.25) is 4.40 Å². The first kappa shape index (κ1) is 13.1. The van der Waals surface area contributed by atoms with Crippen LogP contribution in [0.15, 0.2) is 17.7 Å². The van der Waals surface area contributed by atoms with E-state index < -0.39 is 5.97 Å². The highest BCUT2D eigenvalue weighted by molar-refractivity contribution is 7.15. The van der Waals surface area contributed by atoms with Crippen molar-refractivity contribution in [3.8, 4) is 5.88 Å². The summed E-state index contributed by atoms with van der Waals surface area (Å²) in [6.07, 6.45) is 6.57. The fourth-order valence-electron chi connectivity index (χ4n) is 2.14. The summed E-state index contributed by atoms with van der Waals surface area (Å²) in [5.41, 5.74) is 0.640. The molecule has 0 amide bonds. The third-order valence-corrected chi connectivity index (χ3v) is 3.84. The van der Waals surface area contributed by atoms with Crippen LogP contribution in [0.4, 0.5) is 0 Å². The van der Waals surface area contributed by atoms with E-state index in [4.69, 9.17) is 14.6 Å². The Morgan fingerprint density at radius 1 is 1.70 bits per heavy atom. The fourth-order valence-corrected chi connectivity index (χ4v) is 2.85. The third-order valence-electron chi connectivity index (χ3n) is 3.08. The maximum absolute atomic E-state index is 10.7. The molecule has 1 atom stereocenters. The van der Waals surface area contributed by atoms with Crippen molar-refractivity contribution in [3.63, 3.8) is 0 Å². The lowest BCUT2D eigenvalue weighted by molar-refractivity contribution is -0.131. The van der Waals surface area contributed by atoms with Gasteiger partial charge in [-0.25, -0.2) is 4.79 Å². The minimum Gasteiger partial charge on any atom is -0.478 e. The van der Waals surface area contributed by atoms with Crippen LogP contribution < -0.4 is 4.74 Å². The predicted molar refractivity (Wildman–Crippen MR) is 74.2 cm³/mol. The van der Waals surface area contributed by atoms with E-state index in [9.17, 15) is 4.79 Å². The van der Waals surface area contributed by atoms with E-state index in [1.807, 2.05) is 16.0 Å². The van der Waals surface area contributed by atoms with Gasteiger partial charge in [0, 0.05) is 24.3 Å². The molecule has 1 fully saturated rings. The van der Waals surface area contributed by atoms with Gasteiger partial charge in [-0.05, 0) is 18.9 Å². The molecule has 0 radical (unpaired) electrons. The summed E-state index contributed by atoms with van der Waals surface area (Å²) < 4.78 is 13.0. The fraction of sp³-hybridized carbons (Fsp3) is 0.385. The Hall–Kier alpha value is -1.86. The Bertz CT molecular complexity index is 640. The van der Waals surface area contributed by atoms with Crippen LogP contribution in [0.3, 0.4) is 0 Å². The van der Waals surface area contributed by atoms with Crippen LogP contribution in [0.25, 0.3) is 11.0 Å². The van der Waals surface area contributed by atoms with E-state index in [0.29, 0.717) is 18.2 Å². The van der Waals surface area contributed by atoms with Gasteiger partial charge in [0.2, 0.25) is 5.88 Å². The Morgan fingerprint density at radius 2 is 2.60 bits per heavy atom. The number of nitrogens with zero attached hydrogens (tertiary/aromatic N) is 2. The topological polar surface area (TPSA) is 73.1 Å². The van der Waals surface area contributed by atoms with Gasteiger partial charge in [-0.2, -0.15) is 4.98 Å². The number of aliphatic carboxylic acids is 1. The van der Waals surface area contributed by atoms with Crippen LogP contribution in [0, 0.1) is 0 Å². The van der Waals surface area contributed by atoms with Gasteiger partial charge >= 0.3 is 5.97 Å². The maximum Gasteiger partial charge on any atom is 0.328 e. The molecule has 0 aliphatic carbocycles. The van der Waals surface area contributed by atoms with Crippen LogP contribution >= 0.6 is 11.3 Å². The molecule has 0 bridgehead atoms. The molecule has 3 rings (SSSR count). The second-order valence-electron chi connectivity index (χ2n) is 4.48. The van der Waals surface area contributed by atoms with Gasteiger partial charge in [0.25, 0.3) is 0 Å². The number of carbonyl (C=O) groups is 1. The molecule has 0 aromatic carbocycles. The van der Waals surface area contributed by atoms with E-state index in [2.05, 4.69) is 4.98 Å². The van der Waals surface area contributed by atoms with Crippen molar-refractivity contribution in [2.75, 3.05) is 13.2 Å². The van der Waals surface area contributed by atoms with E-state index in [1.165, 1.54) is 17.4 Å². The molecular formula is C13H14N2O4S. The highest BCUT2D eigenvalue weighted by atomic mass is 32.1. The first-order valence-corrected chi connectivity index (χ1v) is 7.23. The maximum atomic E-state index is 10.7. The molecule has 1 N–H and O–H groups in total. The smallest absolute Gasteiger partial charge is 0.328 e. The van der Waals surface area contributed by atoms with Crippen LogP contribution in [0.5, 0.6) is 5.88 Å². The second kappa shape index (κ2) is 5.64. The Balaban J connectivity index is 1.82. The quantitative estimate of drug-likeness (QED) is 0.854. The zero-order valence-corrected chi connectivity index (χ0v) is 11.5. The molecule has 1 aliphatic heterocycles. The molecule has 1 aliphatic rings. The lowest BCUT2D eigenvalue weighted by atomic mass is 10.2. The molecule has 1 unspecified atom stereocenters. The SMILES string of the molecule is O=C(O)/C=C/c1c(OCC2CCCO2)nc2sccn12. The average Bonchev–Trinajstić information content (AvgIpc) is 3.11. The van der Waals surface area contributed by atoms with E-state index in [1.54, 1.807) is 0 Å². The number of fused-ring (bicyclic) bond motifs is 1. The van der Waals surface area contributed by atoms with E-state index in [-0.39, 0.29) is 6.10 Å². The van der Waals surface area contributed by atoms with Crippen LogP contribution in [-0.2, 0) is 9.53 Å². The van der Waals surface area contributed by atoms with Crippen molar-refractivity contribution in [1.29, 1.82) is 0 Å². The van der Waals surface area contributed by atoms with Crippen molar-refractivity contribution in [2.24, 2.45) is 0 Å². The average molecular weight is 294 g/mol. The van der Waals surface area contributed by atoms with Crippen LogP contribution in [-0.4, -0.2) is 39.8 Å². The molecule has 20 heavy (non-hydrogen) atoms. The number of carboxylic acid groups (broad SMARTS) is 1. The van der Waals surface area contributed by atoms with Crippen molar-refractivity contribution in [3.05, 3.63) is 23.3 Å². The minimum absolute atomic E-state index is 0.103. The molecule has 106 valence electrons. The highest BCUT2D eigenvalue weighted by Crippen LogP contribution is 2.25. The number of hydrogen-bond acceptors (Lipinski definition) is 5. The Morgan fingerprint density at radius 3 is 3.35 bits per heavy atom. The lowest BCUT2D eigenvalue weighted by Gasteiger charge is -2.09. The molecule has 1 saturated heterocycles. The number of carboxylic acids is 1. The first-order chi connectivity index (χ1) is 9.74. The number of hydrogen-bond donors (Lipinski definition) is 1. The molecule has 2 aromatic rings. The molecule has 6 nitrogen and oxygen atoms in total. The van der Waals surface area contributed by atoms with Crippen molar-refractivity contribution in [2.45, 2.75) is 18.9 Å². The Labute approximate surface area is 119 Å². The normalized spacial score (nSPS) is 19.1. The zero-order valence-electron chi connectivity index (χ0n) is 10.7. The Kier molecular flexibility index (Phi) is 3.70. The number of aromatic nitrogens is 2. The summed E-state index contributed by atoms with van der Waals surface area (Å²) in [6.45, 7) is 1.22. The van der Waals surface area contributed by atoms with Crippen molar-refractivity contribution >= 4 is 28.3 Å². The largest absolute Gasteiger partial charge is 0.478 e. The minimum atomic E-state index is -1.000. The van der Waals surface area contributed by atoms with Gasteiger partial charge in [0.1, 0.15) is 12.3 Å². The standard InChI is InChI=1S/C13H14N2O4S/c16-11(17)4-3-10-12(14-13-15(10)5-7-20-13)19-8-9-2-1-6-18-9/h3-5,7,9H,1-2,6,8H2,(H,16,17)/b4-3+. The zero-order chi connectivity index (χ0) is 13.9. The van der Waals surface area contributed by atoms with Gasteiger partial charge in [-0.1, -0.05) is 0 Å². The monoisotopic (exact) mass is 294 g/mol. The van der Waals surface area contributed by atoms with Gasteiger partial charge in [0.05, 0.1) is 6.10 Å². The number of ether oxygens (including phenoxy) is 2.